The van der Waals surface area contributed by atoms with E-state index in [0.717, 1.165) is 12.2 Å². The van der Waals surface area contributed by atoms with E-state index < -0.39 is 0 Å². The Kier molecular flexibility index (Phi) is 4.89. The van der Waals surface area contributed by atoms with Crippen LogP contribution in [0.2, 0.25) is 0 Å². The van der Waals surface area contributed by atoms with E-state index in [9.17, 15) is 0 Å². The molecule has 2 nitrogen and oxygen atoms in total. The predicted molar refractivity (Wildman–Crippen MR) is 74.5 cm³/mol. The number of benzene rings is 1. The normalized spacial score (nSPS) is 21.6. The van der Waals surface area contributed by atoms with Gasteiger partial charge in [-0.15, -0.1) is 0 Å². The summed E-state index contributed by atoms with van der Waals surface area (Å²) in [4.78, 5) is 0. The largest absolute Gasteiger partial charge is 0.396 e. The third-order valence-electron chi connectivity index (χ3n) is 3.28. The van der Waals surface area contributed by atoms with Crippen molar-refractivity contribution in [3.8, 4) is 0 Å². The maximum Gasteiger partial charge on any atom is 0.0445 e. The number of aliphatic hydroxyl groups excluding tert-OH is 1. The summed E-state index contributed by atoms with van der Waals surface area (Å²) in [6.07, 6.45) is 2.00. The van der Waals surface area contributed by atoms with E-state index in [0.29, 0.717) is 12.1 Å². The number of thioether (sulfide) groups is 1. The van der Waals surface area contributed by atoms with Crippen LogP contribution in [0.3, 0.4) is 0 Å². The number of nitrogens with one attached hydrogen (secondary N) is 1. The quantitative estimate of drug-likeness (QED) is 0.862. The molecule has 94 valence electrons. The highest BCUT2D eigenvalue weighted by Gasteiger charge is 2.19. The van der Waals surface area contributed by atoms with E-state index in [2.05, 4.69) is 36.5 Å². The molecular weight excluding hydrogens is 230 g/mol. The molecule has 0 radical (unpaired) electrons. The van der Waals surface area contributed by atoms with E-state index in [1.165, 1.54) is 23.3 Å². The Labute approximate surface area is 108 Å². The molecule has 2 atom stereocenters. The Bertz CT molecular complexity index is 356. The summed E-state index contributed by atoms with van der Waals surface area (Å²) in [7, 11) is 0. The smallest absolute Gasteiger partial charge is 0.0445 e. The summed E-state index contributed by atoms with van der Waals surface area (Å²) < 4.78 is 0. The zero-order chi connectivity index (χ0) is 12.1. The van der Waals surface area contributed by atoms with E-state index in [1.807, 2.05) is 11.8 Å². The lowest BCUT2D eigenvalue weighted by atomic mass is 9.99. The molecule has 1 aromatic rings. The summed E-state index contributed by atoms with van der Waals surface area (Å²) in [6, 6.07) is 9.54. The monoisotopic (exact) mass is 251 g/mol. The topological polar surface area (TPSA) is 32.3 Å². The molecule has 0 fully saturated rings. The van der Waals surface area contributed by atoms with Gasteiger partial charge in [-0.2, -0.15) is 11.8 Å². The first-order valence-corrected chi connectivity index (χ1v) is 7.49. The van der Waals surface area contributed by atoms with E-state index >= 15 is 0 Å². The number of rotatable bonds is 4. The first-order valence-electron chi connectivity index (χ1n) is 6.33. The Morgan fingerprint density at radius 3 is 3.12 bits per heavy atom. The van der Waals surface area contributed by atoms with Crippen molar-refractivity contribution in [2.24, 2.45) is 0 Å². The van der Waals surface area contributed by atoms with Crippen LogP contribution in [0, 0.1) is 0 Å². The fourth-order valence-corrected chi connectivity index (χ4v) is 3.38. The molecule has 0 bridgehead atoms. The van der Waals surface area contributed by atoms with Gasteiger partial charge in [0.05, 0.1) is 0 Å². The molecule has 0 aromatic heterocycles. The van der Waals surface area contributed by atoms with Crippen LogP contribution in [0.1, 0.15) is 30.5 Å². The van der Waals surface area contributed by atoms with Crippen LogP contribution in [0.4, 0.5) is 0 Å². The number of aliphatic hydroxyl groups is 1. The van der Waals surface area contributed by atoms with E-state index in [4.69, 9.17) is 5.11 Å². The highest BCUT2D eigenvalue weighted by Crippen LogP contribution is 2.27. The second-order valence-corrected chi connectivity index (χ2v) is 5.81. The molecule has 1 aromatic carbocycles. The minimum atomic E-state index is 0.260. The van der Waals surface area contributed by atoms with Crippen LogP contribution in [0.25, 0.3) is 0 Å². The summed E-state index contributed by atoms with van der Waals surface area (Å²) in [6.45, 7) is 2.41. The molecule has 3 heteroatoms. The molecule has 2 N–H and O–H groups in total. The molecule has 1 aliphatic heterocycles. The molecule has 0 saturated heterocycles. The standard InChI is InChI=1S/C14H21NOS/c1-11(6-8-16)15-14-10-17-9-7-12-4-2-3-5-13(12)14/h2-5,11,14-16H,6-10H2,1H3/t11-,14+/m0/s1. The molecule has 0 unspecified atom stereocenters. The van der Waals surface area contributed by atoms with Gasteiger partial charge in [-0.3, -0.25) is 0 Å². The van der Waals surface area contributed by atoms with Crippen LogP contribution in [-0.2, 0) is 6.42 Å². The van der Waals surface area contributed by atoms with Gasteiger partial charge in [0.25, 0.3) is 0 Å². The minimum Gasteiger partial charge on any atom is -0.396 e. The first kappa shape index (κ1) is 12.9. The van der Waals surface area contributed by atoms with E-state index in [-0.39, 0.29) is 6.61 Å². The lowest BCUT2D eigenvalue weighted by molar-refractivity contribution is 0.265. The lowest BCUT2D eigenvalue weighted by Crippen LogP contribution is -2.32. The number of aryl methyl sites for hydroxylation is 1. The molecular formula is C14H21NOS. The molecule has 1 heterocycles. The van der Waals surface area contributed by atoms with Gasteiger partial charge in [0, 0.05) is 24.4 Å². The second-order valence-electron chi connectivity index (χ2n) is 4.66. The zero-order valence-electron chi connectivity index (χ0n) is 10.4. The number of fused-ring (bicyclic) bond motifs is 1. The molecule has 2 rings (SSSR count). The highest BCUT2D eigenvalue weighted by atomic mass is 32.2. The SMILES string of the molecule is C[C@@H](CCO)N[C@@H]1CSCCc2ccccc21. The van der Waals surface area contributed by atoms with Crippen LogP contribution in [0.5, 0.6) is 0 Å². The van der Waals surface area contributed by atoms with Gasteiger partial charge in [0.2, 0.25) is 0 Å². The number of hydrogen-bond donors (Lipinski definition) is 2. The van der Waals surface area contributed by atoms with Crippen molar-refractivity contribution in [1.82, 2.24) is 5.32 Å². The van der Waals surface area contributed by atoms with Gasteiger partial charge < -0.3 is 10.4 Å². The Balaban J connectivity index is 2.11. The van der Waals surface area contributed by atoms with Crippen molar-refractivity contribution in [2.45, 2.75) is 31.8 Å². The van der Waals surface area contributed by atoms with Crippen molar-refractivity contribution < 1.29 is 5.11 Å². The molecule has 0 aliphatic carbocycles. The fourth-order valence-electron chi connectivity index (χ4n) is 2.33. The van der Waals surface area contributed by atoms with Crippen molar-refractivity contribution in [3.05, 3.63) is 35.4 Å². The van der Waals surface area contributed by atoms with Gasteiger partial charge >= 0.3 is 0 Å². The van der Waals surface area contributed by atoms with Crippen LogP contribution < -0.4 is 5.32 Å². The highest BCUT2D eigenvalue weighted by molar-refractivity contribution is 7.99. The average molecular weight is 251 g/mol. The maximum absolute atomic E-state index is 8.97. The summed E-state index contributed by atoms with van der Waals surface area (Å²) in [5, 5.41) is 12.6. The summed E-state index contributed by atoms with van der Waals surface area (Å²) in [5.41, 5.74) is 2.92. The van der Waals surface area contributed by atoms with E-state index in [1.54, 1.807) is 0 Å². The van der Waals surface area contributed by atoms with Gasteiger partial charge in [-0.1, -0.05) is 24.3 Å². The van der Waals surface area contributed by atoms with Crippen LogP contribution in [0.15, 0.2) is 24.3 Å². The van der Waals surface area contributed by atoms with Crippen LogP contribution in [-0.4, -0.2) is 29.3 Å². The van der Waals surface area contributed by atoms with Gasteiger partial charge in [0.1, 0.15) is 0 Å². The van der Waals surface area contributed by atoms with Gasteiger partial charge in [0.15, 0.2) is 0 Å². The van der Waals surface area contributed by atoms with Crippen LogP contribution >= 0.6 is 11.8 Å². The lowest BCUT2D eigenvalue weighted by Gasteiger charge is -2.23. The molecule has 0 amide bonds. The summed E-state index contributed by atoms with van der Waals surface area (Å²) in [5.74, 6) is 2.34. The Hall–Kier alpha value is -0.510. The van der Waals surface area contributed by atoms with Gasteiger partial charge in [-0.25, -0.2) is 0 Å². The Morgan fingerprint density at radius 2 is 2.29 bits per heavy atom. The van der Waals surface area contributed by atoms with Crippen molar-refractivity contribution >= 4 is 11.8 Å². The molecule has 1 aliphatic rings. The maximum atomic E-state index is 8.97. The number of hydrogen-bond acceptors (Lipinski definition) is 3. The average Bonchev–Trinajstić information content (AvgIpc) is 2.53. The van der Waals surface area contributed by atoms with Crippen molar-refractivity contribution in [3.63, 3.8) is 0 Å². The zero-order valence-corrected chi connectivity index (χ0v) is 11.2. The van der Waals surface area contributed by atoms with Gasteiger partial charge in [-0.05, 0) is 36.6 Å². The summed E-state index contributed by atoms with van der Waals surface area (Å²) >= 11 is 2.02. The third kappa shape index (κ3) is 3.47. The molecule has 17 heavy (non-hydrogen) atoms. The van der Waals surface area contributed by atoms with Crippen molar-refractivity contribution in [1.29, 1.82) is 0 Å². The molecule has 0 saturated carbocycles. The molecule has 0 spiro atoms. The Morgan fingerprint density at radius 1 is 1.47 bits per heavy atom. The predicted octanol–water partition coefficient (Wildman–Crippen LogP) is 2.38. The second kappa shape index (κ2) is 6.43. The third-order valence-corrected chi connectivity index (χ3v) is 4.34. The van der Waals surface area contributed by atoms with Crippen molar-refractivity contribution in [2.75, 3.05) is 18.1 Å². The minimum absolute atomic E-state index is 0.260. The fraction of sp³-hybridized carbons (Fsp3) is 0.571. The first-order chi connectivity index (χ1) is 8.31.